The fraction of sp³-hybridized carbons (Fsp3) is 0.261. The van der Waals surface area contributed by atoms with Crippen molar-refractivity contribution < 1.29 is 9.47 Å². The van der Waals surface area contributed by atoms with Crippen LogP contribution in [0.1, 0.15) is 31.4 Å². The summed E-state index contributed by atoms with van der Waals surface area (Å²) < 4.78 is 11.8. The van der Waals surface area contributed by atoms with Gasteiger partial charge in [-0.25, -0.2) is 9.97 Å². The summed E-state index contributed by atoms with van der Waals surface area (Å²) in [5.74, 6) is 1.69. The van der Waals surface area contributed by atoms with Gasteiger partial charge in [0.15, 0.2) is 0 Å². The Morgan fingerprint density at radius 3 is 2.52 bits per heavy atom. The zero-order chi connectivity index (χ0) is 20.6. The summed E-state index contributed by atoms with van der Waals surface area (Å²) in [6.45, 7) is 4.18. The minimum atomic E-state index is -0.193. The van der Waals surface area contributed by atoms with Crippen LogP contribution >= 0.6 is 0 Å². The molecule has 0 saturated carbocycles. The lowest BCUT2D eigenvalue weighted by atomic mass is 9.92. The molecule has 6 nitrogen and oxygen atoms in total. The van der Waals surface area contributed by atoms with E-state index in [0.717, 1.165) is 35.3 Å². The molecule has 0 saturated heterocycles. The molecule has 0 atom stereocenters. The van der Waals surface area contributed by atoms with Crippen molar-refractivity contribution in [1.29, 1.82) is 5.26 Å². The predicted molar refractivity (Wildman–Crippen MR) is 112 cm³/mol. The zero-order valence-electron chi connectivity index (χ0n) is 16.7. The number of rotatable bonds is 3. The molecule has 3 aromatic rings. The number of nitrogens with two attached hydrogens (primary N) is 1. The average molecular weight is 386 g/mol. The highest BCUT2D eigenvalue weighted by atomic mass is 16.5. The number of methoxy groups -OCH3 is 1. The lowest BCUT2D eigenvalue weighted by molar-refractivity contribution is 0.0844. The van der Waals surface area contributed by atoms with Gasteiger partial charge in [-0.3, -0.25) is 0 Å². The first-order valence-electron chi connectivity index (χ1n) is 9.44. The van der Waals surface area contributed by atoms with Crippen molar-refractivity contribution in [3.63, 3.8) is 0 Å². The Hall–Kier alpha value is -3.59. The third-order valence-electron chi connectivity index (χ3n) is 5.09. The molecule has 2 N–H and O–H groups in total. The van der Waals surface area contributed by atoms with Gasteiger partial charge in [-0.1, -0.05) is 12.1 Å². The Kier molecular flexibility index (Phi) is 4.59. The first-order valence-corrected chi connectivity index (χ1v) is 9.44. The fourth-order valence-corrected chi connectivity index (χ4v) is 3.52. The van der Waals surface area contributed by atoms with Crippen LogP contribution < -0.4 is 15.2 Å². The van der Waals surface area contributed by atoms with Crippen LogP contribution in [0.4, 0.5) is 5.95 Å². The molecule has 0 fully saturated rings. The molecule has 29 heavy (non-hydrogen) atoms. The number of fused-ring (bicyclic) bond motifs is 1. The van der Waals surface area contributed by atoms with Gasteiger partial charge in [0, 0.05) is 17.2 Å². The van der Waals surface area contributed by atoms with Gasteiger partial charge in [0.05, 0.1) is 30.1 Å². The highest BCUT2D eigenvalue weighted by Gasteiger charge is 2.28. The van der Waals surface area contributed by atoms with E-state index in [1.807, 2.05) is 24.3 Å². The summed E-state index contributed by atoms with van der Waals surface area (Å²) in [7, 11) is 1.63. The quantitative estimate of drug-likeness (QED) is 0.718. The molecule has 0 unspecified atom stereocenters. The van der Waals surface area contributed by atoms with E-state index >= 15 is 0 Å². The Labute approximate surface area is 169 Å². The van der Waals surface area contributed by atoms with E-state index in [4.69, 9.17) is 20.5 Å². The molecule has 146 valence electrons. The van der Waals surface area contributed by atoms with Crippen LogP contribution in [0, 0.1) is 11.3 Å². The van der Waals surface area contributed by atoms with Crippen LogP contribution in [-0.2, 0) is 6.42 Å². The van der Waals surface area contributed by atoms with E-state index in [0.29, 0.717) is 22.7 Å². The summed E-state index contributed by atoms with van der Waals surface area (Å²) in [6, 6.07) is 15.2. The number of benzene rings is 2. The Morgan fingerprint density at radius 2 is 1.83 bits per heavy atom. The zero-order valence-corrected chi connectivity index (χ0v) is 16.7. The topological polar surface area (TPSA) is 94.0 Å². The van der Waals surface area contributed by atoms with Crippen molar-refractivity contribution in [3.8, 4) is 40.1 Å². The second kappa shape index (κ2) is 7.10. The largest absolute Gasteiger partial charge is 0.496 e. The summed E-state index contributed by atoms with van der Waals surface area (Å²) in [5.41, 5.74) is 10.6. The van der Waals surface area contributed by atoms with Gasteiger partial charge in [0.1, 0.15) is 17.1 Å². The van der Waals surface area contributed by atoms with Crippen LogP contribution in [0.5, 0.6) is 11.5 Å². The van der Waals surface area contributed by atoms with Gasteiger partial charge in [0.25, 0.3) is 0 Å². The Balaban J connectivity index is 1.80. The van der Waals surface area contributed by atoms with Gasteiger partial charge in [-0.2, -0.15) is 5.26 Å². The maximum absolute atomic E-state index is 9.00. The molecule has 1 aromatic heterocycles. The third kappa shape index (κ3) is 3.72. The number of aryl methyl sites for hydroxylation is 1. The van der Waals surface area contributed by atoms with E-state index in [1.54, 1.807) is 19.2 Å². The van der Waals surface area contributed by atoms with Gasteiger partial charge in [0.2, 0.25) is 5.95 Å². The molecule has 2 heterocycles. The number of nitrogens with zero attached hydrogens (tertiary/aromatic N) is 3. The minimum absolute atomic E-state index is 0.180. The third-order valence-corrected chi connectivity index (χ3v) is 5.09. The van der Waals surface area contributed by atoms with E-state index in [2.05, 4.69) is 36.0 Å². The van der Waals surface area contributed by atoms with E-state index in [9.17, 15) is 0 Å². The normalized spacial score (nSPS) is 14.4. The molecule has 0 amide bonds. The van der Waals surface area contributed by atoms with Gasteiger partial charge in [-0.15, -0.1) is 0 Å². The average Bonchev–Trinajstić information content (AvgIpc) is 2.71. The molecule has 6 heteroatoms. The first kappa shape index (κ1) is 18.8. The van der Waals surface area contributed by atoms with E-state index < -0.39 is 0 Å². The van der Waals surface area contributed by atoms with Gasteiger partial charge < -0.3 is 15.2 Å². The second-order valence-electron chi connectivity index (χ2n) is 7.71. The predicted octanol–water partition coefficient (Wildman–Crippen LogP) is 4.38. The van der Waals surface area contributed by atoms with E-state index in [1.165, 1.54) is 0 Å². The van der Waals surface area contributed by atoms with Crippen LogP contribution in [0.2, 0.25) is 0 Å². The smallest absolute Gasteiger partial charge is 0.221 e. The van der Waals surface area contributed by atoms with Crippen LogP contribution in [0.15, 0.2) is 42.5 Å². The molecule has 0 spiro atoms. The van der Waals surface area contributed by atoms with Crippen molar-refractivity contribution in [2.75, 3.05) is 12.8 Å². The second-order valence-corrected chi connectivity index (χ2v) is 7.71. The Bertz CT molecular complexity index is 1110. The molecule has 0 radical (unpaired) electrons. The maximum Gasteiger partial charge on any atom is 0.221 e. The summed E-state index contributed by atoms with van der Waals surface area (Å²) >= 11 is 0. The summed E-state index contributed by atoms with van der Waals surface area (Å²) in [4.78, 5) is 8.81. The van der Waals surface area contributed by atoms with Gasteiger partial charge >= 0.3 is 0 Å². The molecule has 0 aliphatic carbocycles. The molecule has 4 rings (SSSR count). The maximum atomic E-state index is 9.00. The van der Waals surface area contributed by atoms with Gasteiger partial charge in [-0.05, 0) is 56.5 Å². The highest BCUT2D eigenvalue weighted by Crippen LogP contribution is 2.41. The van der Waals surface area contributed by atoms with Crippen LogP contribution in [-0.4, -0.2) is 22.7 Å². The summed E-state index contributed by atoms with van der Waals surface area (Å²) in [6.07, 6.45) is 1.86. The lowest BCUT2D eigenvalue weighted by Gasteiger charge is -2.33. The first-order chi connectivity index (χ1) is 13.9. The SMILES string of the molecule is COc1cc2c(cc1-c1cc(-c3ccc(C#N)cc3)nc(N)n1)CCC(C)(C)O2. The number of anilines is 1. The fourth-order valence-electron chi connectivity index (χ4n) is 3.52. The molecule has 1 aliphatic rings. The number of aromatic nitrogens is 2. The van der Waals surface area contributed by atoms with Crippen molar-refractivity contribution in [2.24, 2.45) is 0 Å². The molecule has 2 aromatic carbocycles. The van der Waals surface area contributed by atoms with Crippen LogP contribution in [0.3, 0.4) is 0 Å². The highest BCUT2D eigenvalue weighted by molar-refractivity contribution is 5.75. The number of nitrogen functional groups attached to an aromatic ring is 1. The number of ether oxygens (including phenoxy) is 2. The van der Waals surface area contributed by atoms with Crippen LogP contribution in [0.25, 0.3) is 22.5 Å². The van der Waals surface area contributed by atoms with E-state index in [-0.39, 0.29) is 11.5 Å². The molecule has 0 bridgehead atoms. The van der Waals surface area contributed by atoms with Crippen molar-refractivity contribution in [1.82, 2.24) is 9.97 Å². The minimum Gasteiger partial charge on any atom is -0.496 e. The number of hydrogen-bond acceptors (Lipinski definition) is 6. The van der Waals surface area contributed by atoms with Crippen molar-refractivity contribution >= 4 is 5.95 Å². The number of nitriles is 1. The van der Waals surface area contributed by atoms with Crippen molar-refractivity contribution in [3.05, 3.63) is 53.6 Å². The van der Waals surface area contributed by atoms with Crippen molar-refractivity contribution in [2.45, 2.75) is 32.3 Å². The summed E-state index contributed by atoms with van der Waals surface area (Å²) in [5, 5.41) is 9.00. The Morgan fingerprint density at radius 1 is 1.10 bits per heavy atom. The standard InChI is InChI=1S/C23H22N4O2/c1-23(2)9-8-16-10-17(21(28-3)12-20(16)29-23)19-11-18(26-22(25)27-19)15-6-4-14(13-24)5-7-15/h4-7,10-12H,8-9H2,1-3H3,(H2,25,26,27). The molecule has 1 aliphatic heterocycles. The number of hydrogen-bond donors (Lipinski definition) is 1. The molecular weight excluding hydrogens is 364 g/mol. The molecular formula is C23H22N4O2. The monoisotopic (exact) mass is 386 g/mol. The lowest BCUT2D eigenvalue weighted by Crippen LogP contribution is -2.32.